The summed E-state index contributed by atoms with van der Waals surface area (Å²) >= 11 is 0. The van der Waals surface area contributed by atoms with Crippen LogP contribution in [0.2, 0.25) is 0 Å². The van der Waals surface area contributed by atoms with E-state index in [0.717, 1.165) is 43.4 Å². The molecule has 2 aromatic rings. The Bertz CT molecular complexity index is 523. The molecule has 1 aromatic heterocycles. The highest BCUT2D eigenvalue weighted by atomic mass is 15.2. The standard InChI is InChI=1S/C14H19N5/c1-11-16-14(18-17-11)12-3-5-13(6-4-12)19-9-2-7-15-8-10-19/h3-6,15H,2,7-10H2,1H3,(H,16,17,18). The summed E-state index contributed by atoms with van der Waals surface area (Å²) in [6.45, 7) is 6.27. The molecule has 0 spiro atoms. The van der Waals surface area contributed by atoms with E-state index < -0.39 is 0 Å². The number of hydrogen-bond acceptors (Lipinski definition) is 4. The lowest BCUT2D eigenvalue weighted by Gasteiger charge is -2.22. The first-order chi connectivity index (χ1) is 9.33. The van der Waals surface area contributed by atoms with Crippen molar-refractivity contribution in [1.29, 1.82) is 0 Å². The van der Waals surface area contributed by atoms with Crippen LogP contribution < -0.4 is 10.2 Å². The van der Waals surface area contributed by atoms with E-state index in [0.29, 0.717) is 0 Å². The highest BCUT2D eigenvalue weighted by molar-refractivity contribution is 5.60. The van der Waals surface area contributed by atoms with E-state index in [4.69, 9.17) is 0 Å². The van der Waals surface area contributed by atoms with Crippen LogP contribution in [-0.4, -0.2) is 41.4 Å². The number of rotatable bonds is 2. The summed E-state index contributed by atoms with van der Waals surface area (Å²) in [5, 5.41) is 10.5. The molecule has 1 aliphatic heterocycles. The van der Waals surface area contributed by atoms with E-state index in [1.807, 2.05) is 6.92 Å². The minimum atomic E-state index is 0.765. The first-order valence-electron chi connectivity index (χ1n) is 6.78. The minimum absolute atomic E-state index is 0.765. The van der Waals surface area contributed by atoms with Crippen LogP contribution in [0.25, 0.3) is 11.4 Å². The fourth-order valence-corrected chi connectivity index (χ4v) is 2.40. The van der Waals surface area contributed by atoms with Gasteiger partial charge in [-0.2, -0.15) is 5.10 Å². The number of H-pyrrole nitrogens is 1. The van der Waals surface area contributed by atoms with Crippen LogP contribution in [0.4, 0.5) is 5.69 Å². The molecule has 0 amide bonds. The van der Waals surface area contributed by atoms with Crippen LogP contribution in [0, 0.1) is 6.92 Å². The lowest BCUT2D eigenvalue weighted by Crippen LogP contribution is -2.27. The number of anilines is 1. The smallest absolute Gasteiger partial charge is 0.181 e. The Kier molecular flexibility index (Phi) is 3.46. The molecule has 1 aliphatic rings. The zero-order chi connectivity index (χ0) is 13.1. The topological polar surface area (TPSA) is 56.8 Å². The minimum Gasteiger partial charge on any atom is -0.370 e. The summed E-state index contributed by atoms with van der Waals surface area (Å²) in [4.78, 5) is 6.77. The van der Waals surface area contributed by atoms with Crippen molar-refractivity contribution < 1.29 is 0 Å². The number of benzene rings is 1. The first-order valence-corrected chi connectivity index (χ1v) is 6.78. The number of nitrogens with one attached hydrogen (secondary N) is 2. The van der Waals surface area contributed by atoms with E-state index in [-0.39, 0.29) is 0 Å². The van der Waals surface area contributed by atoms with Crippen molar-refractivity contribution in [3.05, 3.63) is 30.1 Å². The molecule has 0 radical (unpaired) electrons. The number of nitrogens with zero attached hydrogens (tertiary/aromatic N) is 3. The molecule has 0 aliphatic carbocycles. The molecule has 19 heavy (non-hydrogen) atoms. The molecule has 100 valence electrons. The van der Waals surface area contributed by atoms with Gasteiger partial charge in [0.05, 0.1) is 0 Å². The van der Waals surface area contributed by atoms with Gasteiger partial charge in [0.1, 0.15) is 5.82 Å². The first kappa shape index (κ1) is 12.2. The zero-order valence-corrected chi connectivity index (χ0v) is 11.2. The van der Waals surface area contributed by atoms with Crippen LogP contribution >= 0.6 is 0 Å². The normalized spacial score (nSPS) is 16.4. The van der Waals surface area contributed by atoms with Crippen LogP contribution in [-0.2, 0) is 0 Å². The Balaban J connectivity index is 1.78. The molecule has 0 atom stereocenters. The van der Waals surface area contributed by atoms with Gasteiger partial charge in [0.25, 0.3) is 0 Å². The lowest BCUT2D eigenvalue weighted by atomic mass is 10.2. The quantitative estimate of drug-likeness (QED) is 0.857. The Morgan fingerprint density at radius 3 is 2.68 bits per heavy atom. The lowest BCUT2D eigenvalue weighted by molar-refractivity contribution is 0.724. The summed E-state index contributed by atoms with van der Waals surface area (Å²) in [5.41, 5.74) is 2.33. The second-order valence-electron chi connectivity index (χ2n) is 4.88. The molecule has 2 heterocycles. The van der Waals surface area contributed by atoms with Gasteiger partial charge in [-0.1, -0.05) is 0 Å². The van der Waals surface area contributed by atoms with Gasteiger partial charge >= 0.3 is 0 Å². The largest absolute Gasteiger partial charge is 0.370 e. The molecule has 1 fully saturated rings. The highest BCUT2D eigenvalue weighted by Gasteiger charge is 2.10. The third-order valence-corrected chi connectivity index (χ3v) is 3.43. The van der Waals surface area contributed by atoms with Gasteiger partial charge in [-0.3, -0.25) is 5.10 Å². The Hall–Kier alpha value is -1.88. The van der Waals surface area contributed by atoms with E-state index in [2.05, 4.69) is 49.7 Å². The van der Waals surface area contributed by atoms with Crippen molar-refractivity contribution in [1.82, 2.24) is 20.5 Å². The fraction of sp³-hybridized carbons (Fsp3) is 0.429. The molecule has 0 bridgehead atoms. The van der Waals surface area contributed by atoms with E-state index in [1.54, 1.807) is 0 Å². The van der Waals surface area contributed by atoms with Gasteiger partial charge < -0.3 is 10.2 Å². The van der Waals surface area contributed by atoms with Crippen molar-refractivity contribution in [2.24, 2.45) is 0 Å². The number of aryl methyl sites for hydroxylation is 1. The van der Waals surface area contributed by atoms with E-state index in [9.17, 15) is 0 Å². The Morgan fingerprint density at radius 2 is 1.95 bits per heavy atom. The van der Waals surface area contributed by atoms with E-state index in [1.165, 1.54) is 12.1 Å². The molecule has 5 nitrogen and oxygen atoms in total. The molecule has 5 heteroatoms. The van der Waals surface area contributed by atoms with Gasteiger partial charge in [0.2, 0.25) is 0 Å². The van der Waals surface area contributed by atoms with Gasteiger partial charge in [0, 0.05) is 30.9 Å². The monoisotopic (exact) mass is 257 g/mol. The SMILES string of the molecule is Cc1nc(-c2ccc(N3CCCNCC3)cc2)n[nH]1. The summed E-state index contributed by atoms with van der Waals surface area (Å²) in [6.07, 6.45) is 1.20. The summed E-state index contributed by atoms with van der Waals surface area (Å²) in [6, 6.07) is 8.51. The summed E-state index contributed by atoms with van der Waals surface area (Å²) in [5.74, 6) is 1.61. The molecular formula is C14H19N5. The fourth-order valence-electron chi connectivity index (χ4n) is 2.40. The molecule has 2 N–H and O–H groups in total. The molecule has 3 rings (SSSR count). The predicted molar refractivity (Wildman–Crippen MR) is 76.3 cm³/mol. The summed E-state index contributed by atoms with van der Waals surface area (Å²) < 4.78 is 0. The Morgan fingerprint density at radius 1 is 1.11 bits per heavy atom. The molecule has 0 saturated carbocycles. The van der Waals surface area contributed by atoms with Gasteiger partial charge in [-0.15, -0.1) is 0 Å². The van der Waals surface area contributed by atoms with Gasteiger partial charge in [0.15, 0.2) is 5.82 Å². The van der Waals surface area contributed by atoms with Gasteiger partial charge in [-0.25, -0.2) is 4.98 Å². The maximum Gasteiger partial charge on any atom is 0.181 e. The third kappa shape index (κ3) is 2.76. The summed E-state index contributed by atoms with van der Waals surface area (Å²) in [7, 11) is 0. The molecule has 1 saturated heterocycles. The van der Waals surface area contributed by atoms with Crippen LogP contribution in [0.15, 0.2) is 24.3 Å². The van der Waals surface area contributed by atoms with Crippen LogP contribution in [0.3, 0.4) is 0 Å². The van der Waals surface area contributed by atoms with Crippen molar-refractivity contribution in [3.63, 3.8) is 0 Å². The zero-order valence-electron chi connectivity index (χ0n) is 11.2. The van der Waals surface area contributed by atoms with Crippen molar-refractivity contribution in [2.75, 3.05) is 31.1 Å². The highest BCUT2D eigenvalue weighted by Crippen LogP contribution is 2.21. The number of aromatic amines is 1. The van der Waals surface area contributed by atoms with Crippen molar-refractivity contribution >= 4 is 5.69 Å². The van der Waals surface area contributed by atoms with Crippen molar-refractivity contribution in [2.45, 2.75) is 13.3 Å². The second-order valence-corrected chi connectivity index (χ2v) is 4.88. The second kappa shape index (κ2) is 5.40. The molecular weight excluding hydrogens is 238 g/mol. The van der Waals surface area contributed by atoms with Gasteiger partial charge in [-0.05, 0) is 44.2 Å². The predicted octanol–water partition coefficient (Wildman–Crippen LogP) is 1.58. The number of hydrogen-bond donors (Lipinski definition) is 2. The third-order valence-electron chi connectivity index (χ3n) is 3.43. The average molecular weight is 257 g/mol. The average Bonchev–Trinajstić information content (AvgIpc) is 2.72. The maximum absolute atomic E-state index is 4.35. The van der Waals surface area contributed by atoms with Crippen molar-refractivity contribution in [3.8, 4) is 11.4 Å². The maximum atomic E-state index is 4.35. The van der Waals surface area contributed by atoms with Crippen LogP contribution in [0.1, 0.15) is 12.2 Å². The number of aromatic nitrogens is 3. The Labute approximate surface area is 113 Å². The van der Waals surface area contributed by atoms with E-state index >= 15 is 0 Å². The molecule has 1 aromatic carbocycles. The van der Waals surface area contributed by atoms with Crippen LogP contribution in [0.5, 0.6) is 0 Å². The molecule has 0 unspecified atom stereocenters.